The SMILES string of the molecule is O=C(NC[C@@H]1CCCO1)c1ccc2c(c1)N(Cc1ccccc1F)C(=O)c1ccccc1[S@]2=O. The first-order chi connectivity index (χ1) is 16.5. The maximum Gasteiger partial charge on any atom is 0.259 e. The number of hydrogen-bond acceptors (Lipinski definition) is 4. The number of carbonyl (C=O) groups excluding carboxylic acids is 2. The minimum atomic E-state index is -1.65. The molecule has 0 aromatic heterocycles. The third-order valence-corrected chi connectivity index (χ3v) is 7.57. The highest BCUT2D eigenvalue weighted by Gasteiger charge is 2.32. The fourth-order valence-electron chi connectivity index (χ4n) is 4.27. The van der Waals surface area contributed by atoms with E-state index in [2.05, 4.69) is 5.32 Å². The first kappa shape index (κ1) is 22.4. The highest BCUT2D eigenvalue weighted by Crippen LogP contribution is 2.36. The molecule has 5 rings (SSSR count). The van der Waals surface area contributed by atoms with Gasteiger partial charge in [0.1, 0.15) is 5.82 Å². The summed E-state index contributed by atoms with van der Waals surface area (Å²) in [5.74, 6) is -1.16. The molecule has 0 aliphatic carbocycles. The van der Waals surface area contributed by atoms with Crippen molar-refractivity contribution in [1.29, 1.82) is 0 Å². The van der Waals surface area contributed by atoms with Crippen LogP contribution in [0.4, 0.5) is 10.1 Å². The Balaban J connectivity index is 1.55. The second-order valence-corrected chi connectivity index (χ2v) is 9.69. The zero-order valence-electron chi connectivity index (χ0n) is 18.3. The van der Waals surface area contributed by atoms with Crippen LogP contribution in [0.5, 0.6) is 0 Å². The van der Waals surface area contributed by atoms with Gasteiger partial charge in [-0.25, -0.2) is 8.60 Å². The Morgan fingerprint density at radius 2 is 1.88 bits per heavy atom. The molecule has 0 spiro atoms. The zero-order valence-corrected chi connectivity index (χ0v) is 19.1. The molecule has 0 unspecified atom stereocenters. The fourth-order valence-corrected chi connectivity index (χ4v) is 5.62. The van der Waals surface area contributed by atoms with E-state index in [9.17, 15) is 18.2 Å². The fraction of sp³-hybridized carbons (Fsp3) is 0.231. The van der Waals surface area contributed by atoms with E-state index in [1.54, 1.807) is 60.7 Å². The van der Waals surface area contributed by atoms with E-state index in [0.29, 0.717) is 39.8 Å². The Kier molecular flexibility index (Phi) is 6.26. The van der Waals surface area contributed by atoms with Gasteiger partial charge >= 0.3 is 0 Å². The quantitative estimate of drug-likeness (QED) is 0.600. The van der Waals surface area contributed by atoms with Gasteiger partial charge in [0.25, 0.3) is 11.8 Å². The third kappa shape index (κ3) is 4.26. The molecule has 34 heavy (non-hydrogen) atoms. The van der Waals surface area contributed by atoms with Crippen molar-refractivity contribution in [2.24, 2.45) is 0 Å². The Hall–Kier alpha value is -3.36. The molecule has 2 aliphatic rings. The number of ether oxygens (including phenoxy) is 1. The van der Waals surface area contributed by atoms with Crippen molar-refractivity contribution in [1.82, 2.24) is 5.32 Å². The van der Waals surface area contributed by atoms with Crippen LogP contribution < -0.4 is 10.2 Å². The number of carbonyl (C=O) groups is 2. The maximum atomic E-state index is 14.5. The summed E-state index contributed by atoms with van der Waals surface area (Å²) in [4.78, 5) is 28.6. The summed E-state index contributed by atoms with van der Waals surface area (Å²) < 4.78 is 33.5. The second-order valence-electron chi connectivity index (χ2n) is 8.28. The first-order valence-corrected chi connectivity index (χ1v) is 12.3. The summed E-state index contributed by atoms with van der Waals surface area (Å²) in [6.07, 6.45) is 1.86. The zero-order chi connectivity index (χ0) is 23.7. The lowest BCUT2D eigenvalue weighted by molar-refractivity contribution is 0.0857. The molecule has 174 valence electrons. The summed E-state index contributed by atoms with van der Waals surface area (Å²) in [6, 6.07) is 17.7. The molecule has 1 saturated heterocycles. The van der Waals surface area contributed by atoms with E-state index >= 15 is 0 Å². The van der Waals surface area contributed by atoms with Crippen LogP contribution in [0.1, 0.15) is 39.1 Å². The number of fused-ring (bicyclic) bond motifs is 2. The van der Waals surface area contributed by atoms with Crippen molar-refractivity contribution in [3.05, 3.63) is 89.2 Å². The van der Waals surface area contributed by atoms with E-state index in [-0.39, 0.29) is 24.1 Å². The van der Waals surface area contributed by atoms with E-state index in [1.165, 1.54) is 11.0 Å². The van der Waals surface area contributed by atoms with Gasteiger partial charge in [0.2, 0.25) is 0 Å². The van der Waals surface area contributed by atoms with E-state index < -0.39 is 22.5 Å². The van der Waals surface area contributed by atoms with Gasteiger partial charge in [-0.15, -0.1) is 0 Å². The maximum absolute atomic E-state index is 14.5. The van der Waals surface area contributed by atoms with E-state index in [1.807, 2.05) is 0 Å². The minimum Gasteiger partial charge on any atom is -0.376 e. The lowest BCUT2D eigenvalue weighted by Gasteiger charge is -2.24. The standard InChI is InChI=1S/C26H23FN2O4S/c27-21-9-3-1-6-18(21)16-29-22-14-17(25(30)28-15-19-7-5-13-33-19)11-12-24(22)34(32)23-10-4-2-8-20(23)26(29)31/h1-4,6,8-12,14,19H,5,7,13,15-16H2,(H,28,30)/t19-,34+/m0/s1. The number of benzene rings is 3. The highest BCUT2D eigenvalue weighted by molar-refractivity contribution is 7.85. The van der Waals surface area contributed by atoms with Gasteiger partial charge in [-0.3, -0.25) is 9.59 Å². The highest BCUT2D eigenvalue weighted by atomic mass is 32.2. The Morgan fingerprint density at radius 3 is 2.68 bits per heavy atom. The predicted octanol–water partition coefficient (Wildman–Crippen LogP) is 4.06. The van der Waals surface area contributed by atoms with Crippen LogP contribution in [-0.4, -0.2) is 35.3 Å². The number of amides is 2. The molecule has 1 fully saturated rings. The molecule has 3 aromatic rings. The molecule has 2 aliphatic heterocycles. The van der Waals surface area contributed by atoms with E-state index in [0.717, 1.165) is 12.8 Å². The van der Waals surface area contributed by atoms with Crippen LogP contribution in [0.25, 0.3) is 0 Å². The van der Waals surface area contributed by atoms with Crippen molar-refractivity contribution in [2.45, 2.75) is 35.3 Å². The number of nitrogens with zero attached hydrogens (tertiary/aromatic N) is 1. The van der Waals surface area contributed by atoms with Crippen LogP contribution in [0.15, 0.2) is 76.5 Å². The molecule has 2 amide bonds. The van der Waals surface area contributed by atoms with Gasteiger partial charge in [0.05, 0.1) is 44.5 Å². The molecule has 0 bridgehead atoms. The van der Waals surface area contributed by atoms with Crippen molar-refractivity contribution < 1.29 is 22.9 Å². The van der Waals surface area contributed by atoms with Gasteiger partial charge in [-0.2, -0.15) is 0 Å². The average molecular weight is 479 g/mol. The topological polar surface area (TPSA) is 75.7 Å². The van der Waals surface area contributed by atoms with Crippen LogP contribution in [-0.2, 0) is 22.1 Å². The number of halogens is 1. The largest absolute Gasteiger partial charge is 0.376 e. The van der Waals surface area contributed by atoms with Crippen LogP contribution in [0.3, 0.4) is 0 Å². The molecule has 2 atom stereocenters. The third-order valence-electron chi connectivity index (χ3n) is 6.07. The summed E-state index contributed by atoms with van der Waals surface area (Å²) >= 11 is 0. The summed E-state index contributed by atoms with van der Waals surface area (Å²) in [6.45, 7) is 1.02. The van der Waals surface area contributed by atoms with Gasteiger partial charge in [0.15, 0.2) is 0 Å². The van der Waals surface area contributed by atoms with Crippen LogP contribution in [0, 0.1) is 5.82 Å². The molecule has 6 nitrogen and oxygen atoms in total. The van der Waals surface area contributed by atoms with Crippen LogP contribution >= 0.6 is 0 Å². The number of anilines is 1. The monoisotopic (exact) mass is 478 g/mol. The summed E-state index contributed by atoms with van der Waals surface area (Å²) in [7, 11) is -1.65. The van der Waals surface area contributed by atoms with Gasteiger partial charge < -0.3 is 15.0 Å². The van der Waals surface area contributed by atoms with Crippen LogP contribution in [0.2, 0.25) is 0 Å². The van der Waals surface area contributed by atoms with Crippen molar-refractivity contribution >= 4 is 28.3 Å². The summed E-state index contributed by atoms with van der Waals surface area (Å²) in [5, 5.41) is 2.87. The Bertz CT molecular complexity index is 1290. The van der Waals surface area contributed by atoms with Crippen molar-refractivity contribution in [3.63, 3.8) is 0 Å². The molecule has 0 saturated carbocycles. The Labute approximate surface area is 199 Å². The normalized spacial score (nSPS) is 19.3. The number of rotatable bonds is 5. The minimum absolute atomic E-state index is 0.00841. The average Bonchev–Trinajstić information content (AvgIpc) is 3.37. The predicted molar refractivity (Wildman–Crippen MR) is 126 cm³/mol. The first-order valence-electron chi connectivity index (χ1n) is 11.1. The lowest BCUT2D eigenvalue weighted by atomic mass is 10.1. The molecule has 0 radical (unpaired) electrons. The van der Waals surface area contributed by atoms with Crippen molar-refractivity contribution in [3.8, 4) is 0 Å². The second kappa shape index (κ2) is 9.48. The molecule has 2 heterocycles. The van der Waals surface area contributed by atoms with Gasteiger partial charge in [-0.05, 0) is 49.2 Å². The Morgan fingerprint density at radius 1 is 1.09 bits per heavy atom. The molecule has 8 heteroatoms. The lowest BCUT2D eigenvalue weighted by Crippen LogP contribution is -2.33. The number of nitrogens with one attached hydrogen (secondary N) is 1. The van der Waals surface area contributed by atoms with Gasteiger partial charge in [-0.1, -0.05) is 30.3 Å². The summed E-state index contributed by atoms with van der Waals surface area (Å²) in [5.41, 5.74) is 1.26. The van der Waals surface area contributed by atoms with Gasteiger partial charge in [0, 0.05) is 24.3 Å². The van der Waals surface area contributed by atoms with E-state index in [4.69, 9.17) is 4.74 Å². The smallest absolute Gasteiger partial charge is 0.259 e. The molecular weight excluding hydrogens is 455 g/mol. The molecule has 3 aromatic carbocycles. The molecular formula is C26H23FN2O4S. The number of hydrogen-bond donors (Lipinski definition) is 1. The molecule has 1 N–H and O–H groups in total. The van der Waals surface area contributed by atoms with Crippen molar-refractivity contribution in [2.75, 3.05) is 18.1 Å².